The molecule has 0 bridgehead atoms. The van der Waals surface area contributed by atoms with Gasteiger partial charge in [-0.15, -0.1) is 11.3 Å². The molecule has 1 heterocycles. The highest BCUT2D eigenvalue weighted by atomic mass is 32.1. The van der Waals surface area contributed by atoms with E-state index in [0.29, 0.717) is 10.4 Å². The smallest absolute Gasteiger partial charge is 0.346 e. The Balaban J connectivity index is 2.47. The van der Waals surface area contributed by atoms with E-state index in [-0.39, 0.29) is 11.6 Å². The Bertz CT molecular complexity index is 828. The molecule has 3 nitrogen and oxygen atoms in total. The standard InChI is InChI=1S/C19H25O3PS/c1-12-7-8-15(13(2)9-12)23(6,22)11-14-10-16(19(3,4)5)24-17(14)18(20)21/h7-10H,11H2,1-6H3,(H,20,21). The first-order valence-electron chi connectivity index (χ1n) is 7.92. The van der Waals surface area contributed by atoms with E-state index in [1.165, 1.54) is 11.3 Å². The first-order valence-corrected chi connectivity index (χ1v) is 11.1. The van der Waals surface area contributed by atoms with Crippen molar-refractivity contribution in [3.05, 3.63) is 50.7 Å². The molecular formula is C19H25O3PS. The zero-order valence-corrected chi connectivity index (χ0v) is 16.8. The van der Waals surface area contributed by atoms with E-state index in [9.17, 15) is 14.5 Å². The number of thiophene rings is 1. The monoisotopic (exact) mass is 364 g/mol. The van der Waals surface area contributed by atoms with E-state index in [0.717, 1.165) is 21.3 Å². The lowest BCUT2D eigenvalue weighted by Crippen LogP contribution is -2.11. The molecule has 1 atom stereocenters. The highest BCUT2D eigenvalue weighted by Crippen LogP contribution is 2.47. The summed E-state index contributed by atoms with van der Waals surface area (Å²) in [4.78, 5) is 12.9. The molecule has 130 valence electrons. The molecule has 2 rings (SSSR count). The molecule has 0 fully saturated rings. The Morgan fingerprint density at radius 3 is 2.33 bits per heavy atom. The Labute approximate surface area is 148 Å². The number of hydrogen-bond donors (Lipinski definition) is 1. The molecule has 0 saturated heterocycles. The average Bonchev–Trinajstić information content (AvgIpc) is 2.81. The summed E-state index contributed by atoms with van der Waals surface area (Å²) in [7, 11) is -2.69. The maximum Gasteiger partial charge on any atom is 0.346 e. The molecular weight excluding hydrogens is 339 g/mol. The number of carbonyl (C=O) groups is 1. The molecule has 5 heteroatoms. The normalized spacial score (nSPS) is 14.4. The van der Waals surface area contributed by atoms with Crippen molar-refractivity contribution in [1.29, 1.82) is 0 Å². The molecule has 0 amide bonds. The minimum absolute atomic E-state index is 0.120. The highest BCUT2D eigenvalue weighted by Gasteiger charge is 2.28. The summed E-state index contributed by atoms with van der Waals surface area (Å²) in [6, 6.07) is 7.83. The van der Waals surface area contributed by atoms with Crippen molar-refractivity contribution in [2.75, 3.05) is 6.66 Å². The van der Waals surface area contributed by atoms with Crippen LogP contribution >= 0.6 is 18.5 Å². The summed E-state index contributed by atoms with van der Waals surface area (Å²) in [5.41, 5.74) is 2.70. The molecule has 0 spiro atoms. The van der Waals surface area contributed by atoms with Gasteiger partial charge in [0.1, 0.15) is 12.0 Å². The maximum absolute atomic E-state index is 13.4. The van der Waals surface area contributed by atoms with Crippen LogP contribution in [0.3, 0.4) is 0 Å². The fraction of sp³-hybridized carbons (Fsp3) is 0.421. The fourth-order valence-electron chi connectivity index (χ4n) is 2.84. The van der Waals surface area contributed by atoms with Gasteiger partial charge in [-0.25, -0.2) is 4.79 Å². The molecule has 0 saturated carbocycles. The van der Waals surface area contributed by atoms with Crippen LogP contribution in [0.2, 0.25) is 0 Å². The van der Waals surface area contributed by atoms with Gasteiger partial charge in [-0.3, -0.25) is 0 Å². The van der Waals surface area contributed by atoms with E-state index < -0.39 is 13.1 Å². The minimum Gasteiger partial charge on any atom is -0.477 e. The second-order valence-electron chi connectivity index (χ2n) is 7.57. The Morgan fingerprint density at radius 2 is 1.83 bits per heavy atom. The quantitative estimate of drug-likeness (QED) is 0.761. The van der Waals surface area contributed by atoms with Crippen molar-refractivity contribution in [3.63, 3.8) is 0 Å². The van der Waals surface area contributed by atoms with Crippen molar-refractivity contribution in [3.8, 4) is 0 Å². The van der Waals surface area contributed by atoms with Crippen molar-refractivity contribution >= 4 is 29.8 Å². The van der Waals surface area contributed by atoms with Crippen molar-refractivity contribution in [2.45, 2.75) is 46.2 Å². The fourth-order valence-corrected chi connectivity index (χ4v) is 6.30. The zero-order chi connectivity index (χ0) is 18.3. The molecule has 0 aliphatic heterocycles. The van der Waals surface area contributed by atoms with E-state index in [1.807, 2.05) is 38.1 Å². The van der Waals surface area contributed by atoms with E-state index >= 15 is 0 Å². The van der Waals surface area contributed by atoms with Crippen molar-refractivity contribution in [2.24, 2.45) is 0 Å². The zero-order valence-electron chi connectivity index (χ0n) is 15.1. The summed E-state index contributed by atoms with van der Waals surface area (Å²) in [5, 5.41) is 10.4. The van der Waals surface area contributed by atoms with Gasteiger partial charge in [0, 0.05) is 16.3 Å². The number of carboxylic acid groups (broad SMARTS) is 1. The molecule has 2 aromatic rings. The topological polar surface area (TPSA) is 54.4 Å². The maximum atomic E-state index is 13.4. The van der Waals surface area contributed by atoms with Crippen LogP contribution in [0.25, 0.3) is 0 Å². The number of rotatable bonds is 4. The van der Waals surface area contributed by atoms with Crippen LogP contribution in [0.4, 0.5) is 0 Å². The van der Waals surface area contributed by atoms with Crippen molar-refractivity contribution < 1.29 is 14.5 Å². The number of hydrogen-bond acceptors (Lipinski definition) is 3. The van der Waals surface area contributed by atoms with Gasteiger partial charge in [-0.2, -0.15) is 0 Å². The Kier molecular flexibility index (Phi) is 5.13. The largest absolute Gasteiger partial charge is 0.477 e. The summed E-state index contributed by atoms with van der Waals surface area (Å²) in [6.45, 7) is 11.9. The first-order chi connectivity index (χ1) is 10.9. The molecule has 0 radical (unpaired) electrons. The summed E-state index contributed by atoms with van der Waals surface area (Å²) in [6.07, 6.45) is 0.283. The van der Waals surface area contributed by atoms with Crippen LogP contribution in [-0.4, -0.2) is 17.7 Å². The third-order valence-corrected chi connectivity index (χ3v) is 8.13. The van der Waals surface area contributed by atoms with Gasteiger partial charge in [-0.05, 0) is 43.1 Å². The van der Waals surface area contributed by atoms with Gasteiger partial charge < -0.3 is 9.67 Å². The summed E-state index contributed by atoms with van der Waals surface area (Å²) >= 11 is 1.30. The Hall–Kier alpha value is -1.38. The third-order valence-electron chi connectivity index (χ3n) is 4.08. The van der Waals surface area contributed by atoms with Crippen LogP contribution in [0.1, 0.15) is 52.0 Å². The molecule has 0 aliphatic carbocycles. The van der Waals surface area contributed by atoms with E-state index in [2.05, 4.69) is 20.8 Å². The highest BCUT2D eigenvalue weighted by molar-refractivity contribution is 7.70. The predicted molar refractivity (Wildman–Crippen MR) is 103 cm³/mol. The van der Waals surface area contributed by atoms with Gasteiger partial charge in [-0.1, -0.05) is 44.5 Å². The predicted octanol–water partition coefficient (Wildman–Crippen LogP) is 5.18. The lowest BCUT2D eigenvalue weighted by Gasteiger charge is -2.17. The molecule has 1 unspecified atom stereocenters. The Morgan fingerprint density at radius 1 is 1.21 bits per heavy atom. The van der Waals surface area contributed by atoms with Gasteiger partial charge in [0.25, 0.3) is 0 Å². The average molecular weight is 364 g/mol. The molecule has 1 aromatic carbocycles. The molecule has 1 N–H and O–H groups in total. The number of carboxylic acids is 1. The van der Waals surface area contributed by atoms with Gasteiger partial charge in [0.2, 0.25) is 0 Å². The van der Waals surface area contributed by atoms with Gasteiger partial charge >= 0.3 is 5.97 Å². The molecule has 0 aliphatic rings. The van der Waals surface area contributed by atoms with Crippen LogP contribution < -0.4 is 5.30 Å². The van der Waals surface area contributed by atoms with Crippen LogP contribution in [0.15, 0.2) is 24.3 Å². The lowest BCUT2D eigenvalue weighted by atomic mass is 9.94. The second-order valence-corrected chi connectivity index (χ2v) is 11.6. The van der Waals surface area contributed by atoms with Crippen LogP contribution in [0.5, 0.6) is 0 Å². The molecule has 1 aromatic heterocycles. The van der Waals surface area contributed by atoms with Gasteiger partial charge in [0.05, 0.1) is 0 Å². The van der Waals surface area contributed by atoms with Crippen LogP contribution in [0, 0.1) is 13.8 Å². The summed E-state index contributed by atoms with van der Waals surface area (Å²) in [5.74, 6) is -0.939. The SMILES string of the molecule is Cc1ccc(P(C)(=O)Cc2cc(C(C)(C)C)sc2C(=O)O)c(C)c1. The molecule has 24 heavy (non-hydrogen) atoms. The number of benzene rings is 1. The second kappa shape index (κ2) is 6.50. The minimum atomic E-state index is -2.69. The lowest BCUT2D eigenvalue weighted by molar-refractivity contribution is 0.0701. The van der Waals surface area contributed by atoms with Gasteiger partial charge in [0.15, 0.2) is 0 Å². The third kappa shape index (κ3) is 3.99. The van der Waals surface area contributed by atoms with Crippen molar-refractivity contribution in [1.82, 2.24) is 0 Å². The first kappa shape index (κ1) is 19.0. The van der Waals surface area contributed by atoms with E-state index in [1.54, 1.807) is 6.66 Å². The summed E-state index contributed by atoms with van der Waals surface area (Å²) < 4.78 is 13.4. The van der Waals surface area contributed by atoms with E-state index in [4.69, 9.17) is 0 Å². The number of aryl methyl sites for hydroxylation is 2. The number of aromatic carboxylic acids is 1. The van der Waals surface area contributed by atoms with Crippen LogP contribution in [-0.2, 0) is 16.1 Å².